The smallest absolute Gasteiger partial charge is 0.124 e. The number of para-hydroxylation sites is 1. The van der Waals surface area contributed by atoms with Crippen molar-refractivity contribution in [1.82, 2.24) is 0 Å². The number of thiophene rings is 1. The van der Waals surface area contributed by atoms with Gasteiger partial charge in [-0.1, -0.05) is 18.2 Å². The van der Waals surface area contributed by atoms with Crippen LogP contribution in [0.15, 0.2) is 40.2 Å². The maximum atomic E-state index is 5.84. The minimum absolute atomic E-state index is 0.474. The van der Waals surface area contributed by atoms with Gasteiger partial charge in [-0.2, -0.15) is 0 Å². The van der Waals surface area contributed by atoms with Gasteiger partial charge in [0.1, 0.15) is 12.4 Å². The molecule has 0 N–H and O–H groups in total. The van der Waals surface area contributed by atoms with Crippen LogP contribution in [0, 0.1) is 0 Å². The van der Waals surface area contributed by atoms with Crippen LogP contribution in [0.1, 0.15) is 10.4 Å². The highest BCUT2D eigenvalue weighted by Crippen LogP contribution is 2.26. The summed E-state index contributed by atoms with van der Waals surface area (Å²) in [6.07, 6.45) is 0. The molecule has 84 valence electrons. The summed E-state index contributed by atoms with van der Waals surface area (Å²) in [6, 6.07) is 9.86. The Morgan fingerprint density at radius 3 is 2.75 bits per heavy atom. The van der Waals surface area contributed by atoms with E-state index < -0.39 is 0 Å². The molecule has 1 nitrogen and oxygen atoms in total. The molecule has 0 bridgehead atoms. The Bertz CT molecular complexity index is 470. The van der Waals surface area contributed by atoms with Gasteiger partial charge in [0.05, 0.1) is 10.8 Å². The van der Waals surface area contributed by atoms with E-state index in [0.29, 0.717) is 12.5 Å². The lowest BCUT2D eigenvalue weighted by Crippen LogP contribution is -1.96. The molecule has 4 heteroatoms. The van der Waals surface area contributed by atoms with Crippen LogP contribution >= 0.6 is 38.9 Å². The number of hydrogen-bond donors (Lipinski definition) is 0. The van der Waals surface area contributed by atoms with Gasteiger partial charge in [0, 0.05) is 10.0 Å². The lowest BCUT2D eigenvalue weighted by atomic mass is 10.2. The van der Waals surface area contributed by atoms with Crippen molar-refractivity contribution in [3.05, 3.63) is 50.6 Å². The molecular weight excluding hydrogens is 308 g/mol. The third-order valence-electron chi connectivity index (χ3n) is 2.17. The minimum Gasteiger partial charge on any atom is -0.488 e. The monoisotopic (exact) mass is 316 g/mol. The Kier molecular flexibility index (Phi) is 4.27. The highest BCUT2D eigenvalue weighted by molar-refractivity contribution is 9.10. The molecule has 0 spiro atoms. The van der Waals surface area contributed by atoms with E-state index in [2.05, 4.69) is 15.9 Å². The van der Waals surface area contributed by atoms with Crippen LogP contribution in [0.4, 0.5) is 0 Å². The van der Waals surface area contributed by atoms with Gasteiger partial charge in [0.25, 0.3) is 0 Å². The van der Waals surface area contributed by atoms with E-state index in [0.717, 1.165) is 15.8 Å². The van der Waals surface area contributed by atoms with Crippen molar-refractivity contribution < 1.29 is 4.74 Å². The number of hydrogen-bond acceptors (Lipinski definition) is 2. The zero-order valence-electron chi connectivity index (χ0n) is 8.45. The lowest BCUT2D eigenvalue weighted by Gasteiger charge is -2.08. The quantitative estimate of drug-likeness (QED) is 0.734. The van der Waals surface area contributed by atoms with E-state index >= 15 is 0 Å². The maximum Gasteiger partial charge on any atom is 0.124 e. The van der Waals surface area contributed by atoms with Crippen molar-refractivity contribution in [2.24, 2.45) is 0 Å². The van der Waals surface area contributed by atoms with Gasteiger partial charge in [0.2, 0.25) is 0 Å². The molecular formula is C12H10BrClOS. The second kappa shape index (κ2) is 5.71. The van der Waals surface area contributed by atoms with Gasteiger partial charge in [-0.25, -0.2) is 0 Å². The predicted octanol–water partition coefficient (Wildman–Crippen LogP) is 4.83. The molecule has 2 aromatic rings. The number of rotatable bonds is 4. The number of halogens is 2. The third-order valence-corrected chi connectivity index (χ3v) is 4.35. The zero-order chi connectivity index (χ0) is 11.4. The fraction of sp³-hybridized carbons (Fsp3) is 0.167. The first kappa shape index (κ1) is 12.0. The molecule has 0 saturated carbocycles. The molecule has 0 atom stereocenters. The summed E-state index contributed by atoms with van der Waals surface area (Å²) in [6.45, 7) is 0.576. The highest BCUT2D eigenvalue weighted by atomic mass is 79.9. The average Bonchev–Trinajstić information content (AvgIpc) is 2.72. The molecule has 0 aliphatic heterocycles. The molecule has 2 rings (SSSR count). The van der Waals surface area contributed by atoms with E-state index in [1.807, 2.05) is 35.7 Å². The van der Waals surface area contributed by atoms with E-state index in [9.17, 15) is 0 Å². The number of benzene rings is 1. The Morgan fingerprint density at radius 1 is 1.25 bits per heavy atom. The Hall–Kier alpha value is -0.510. The molecule has 0 unspecified atom stereocenters. The van der Waals surface area contributed by atoms with Gasteiger partial charge in [-0.05, 0) is 33.4 Å². The van der Waals surface area contributed by atoms with Gasteiger partial charge in [-0.3, -0.25) is 0 Å². The maximum absolute atomic E-state index is 5.84. The standard InChI is InChI=1S/C12H10BrClOS/c13-10-5-6-16-12(10)8-15-11-4-2-1-3-9(11)7-14/h1-6H,7-8H2. The SMILES string of the molecule is ClCc1ccccc1OCc1sccc1Br. The van der Waals surface area contributed by atoms with Crippen LogP contribution < -0.4 is 4.74 Å². The molecule has 0 fully saturated rings. The molecule has 1 heterocycles. The Labute approximate surface area is 112 Å². The first-order valence-electron chi connectivity index (χ1n) is 4.80. The fourth-order valence-corrected chi connectivity index (χ4v) is 2.93. The van der Waals surface area contributed by atoms with Gasteiger partial charge < -0.3 is 4.74 Å². The minimum atomic E-state index is 0.474. The van der Waals surface area contributed by atoms with Crippen LogP contribution in [-0.4, -0.2) is 0 Å². The van der Waals surface area contributed by atoms with Crippen molar-refractivity contribution in [2.75, 3.05) is 0 Å². The molecule has 1 aromatic carbocycles. The van der Waals surface area contributed by atoms with Crippen molar-refractivity contribution in [3.63, 3.8) is 0 Å². The van der Waals surface area contributed by atoms with E-state index in [1.54, 1.807) is 11.3 Å². The first-order chi connectivity index (χ1) is 7.81. The topological polar surface area (TPSA) is 9.23 Å². The van der Waals surface area contributed by atoms with Crippen molar-refractivity contribution in [3.8, 4) is 5.75 Å². The summed E-state index contributed by atoms with van der Waals surface area (Å²) in [5.41, 5.74) is 1.02. The summed E-state index contributed by atoms with van der Waals surface area (Å²) in [7, 11) is 0. The van der Waals surface area contributed by atoms with Crippen molar-refractivity contribution in [2.45, 2.75) is 12.5 Å². The average molecular weight is 318 g/mol. The van der Waals surface area contributed by atoms with Crippen molar-refractivity contribution in [1.29, 1.82) is 0 Å². The second-order valence-corrected chi connectivity index (χ2v) is 5.34. The van der Waals surface area contributed by atoms with Crippen LogP contribution in [0.2, 0.25) is 0 Å². The highest BCUT2D eigenvalue weighted by Gasteiger charge is 2.05. The van der Waals surface area contributed by atoms with Gasteiger partial charge in [0.15, 0.2) is 0 Å². The largest absolute Gasteiger partial charge is 0.488 e. The zero-order valence-corrected chi connectivity index (χ0v) is 11.6. The molecule has 0 aliphatic carbocycles. The van der Waals surface area contributed by atoms with Crippen LogP contribution in [0.5, 0.6) is 5.75 Å². The lowest BCUT2D eigenvalue weighted by molar-refractivity contribution is 0.307. The Morgan fingerprint density at radius 2 is 2.06 bits per heavy atom. The van der Waals surface area contributed by atoms with E-state index in [1.165, 1.54) is 4.88 Å². The van der Waals surface area contributed by atoms with E-state index in [4.69, 9.17) is 16.3 Å². The third kappa shape index (κ3) is 2.78. The molecule has 0 radical (unpaired) electrons. The first-order valence-corrected chi connectivity index (χ1v) is 7.00. The van der Waals surface area contributed by atoms with Crippen molar-refractivity contribution >= 4 is 38.9 Å². The molecule has 0 aliphatic rings. The summed E-state index contributed by atoms with van der Waals surface area (Å²) < 4.78 is 6.85. The molecule has 16 heavy (non-hydrogen) atoms. The Balaban J connectivity index is 2.07. The summed E-state index contributed by atoms with van der Waals surface area (Å²) in [4.78, 5) is 1.18. The van der Waals surface area contributed by atoms with Crippen LogP contribution in [-0.2, 0) is 12.5 Å². The van der Waals surface area contributed by atoms with Gasteiger partial charge in [-0.15, -0.1) is 22.9 Å². The van der Waals surface area contributed by atoms with Crippen LogP contribution in [0.25, 0.3) is 0 Å². The summed E-state index contributed by atoms with van der Waals surface area (Å²) >= 11 is 11.0. The predicted molar refractivity (Wildman–Crippen MR) is 72.4 cm³/mol. The molecule has 0 amide bonds. The normalized spacial score (nSPS) is 10.4. The number of alkyl halides is 1. The number of ether oxygens (including phenoxy) is 1. The van der Waals surface area contributed by atoms with E-state index in [-0.39, 0.29) is 0 Å². The fourth-order valence-electron chi connectivity index (χ4n) is 1.33. The summed E-state index contributed by atoms with van der Waals surface area (Å²) in [5.74, 6) is 1.33. The molecule has 0 saturated heterocycles. The second-order valence-electron chi connectivity index (χ2n) is 3.22. The summed E-state index contributed by atoms with van der Waals surface area (Å²) in [5, 5.41) is 2.04. The van der Waals surface area contributed by atoms with Gasteiger partial charge >= 0.3 is 0 Å². The molecule has 1 aromatic heterocycles. The van der Waals surface area contributed by atoms with Crippen LogP contribution in [0.3, 0.4) is 0 Å².